The van der Waals surface area contributed by atoms with Crippen molar-refractivity contribution in [2.75, 3.05) is 17.7 Å². The molecule has 0 aromatic heterocycles. The van der Waals surface area contributed by atoms with Gasteiger partial charge in [0, 0.05) is 11.8 Å². The van der Waals surface area contributed by atoms with Crippen LogP contribution in [0.5, 0.6) is 0 Å². The topological polar surface area (TPSA) is 101 Å². The van der Waals surface area contributed by atoms with Crippen molar-refractivity contribution in [2.24, 2.45) is 5.92 Å². The standard InChI is InChI=1S/C14H21N3O3/c1-10-4-6-14(9-18,7-5-10)16-11-2-3-13(17(19)20)12(15)8-11/h2-3,8,10,16,18H,4-7,9,15H2,1H3. The summed E-state index contributed by atoms with van der Waals surface area (Å²) in [5.74, 6) is 0.679. The fourth-order valence-electron chi connectivity index (χ4n) is 2.74. The van der Waals surface area contributed by atoms with E-state index in [-0.39, 0.29) is 23.5 Å². The Bertz CT molecular complexity index is 496. The van der Waals surface area contributed by atoms with Crippen LogP contribution in [0.1, 0.15) is 32.6 Å². The molecule has 1 aliphatic rings. The smallest absolute Gasteiger partial charge is 0.292 e. The minimum atomic E-state index is -0.497. The molecule has 0 aliphatic heterocycles. The van der Waals surface area contributed by atoms with Crippen molar-refractivity contribution in [3.63, 3.8) is 0 Å². The Kier molecular flexibility index (Phi) is 4.13. The third kappa shape index (κ3) is 3.01. The van der Waals surface area contributed by atoms with Crippen molar-refractivity contribution in [2.45, 2.75) is 38.1 Å². The summed E-state index contributed by atoms with van der Waals surface area (Å²) in [6, 6.07) is 4.60. The van der Waals surface area contributed by atoms with Crippen molar-refractivity contribution in [1.82, 2.24) is 0 Å². The first-order chi connectivity index (χ1) is 9.46. The van der Waals surface area contributed by atoms with Gasteiger partial charge in [0.05, 0.1) is 17.1 Å². The number of aliphatic hydroxyl groups is 1. The molecule has 0 saturated heterocycles. The van der Waals surface area contributed by atoms with Crippen LogP contribution in [-0.4, -0.2) is 22.2 Å². The molecule has 1 aromatic carbocycles. The second kappa shape index (κ2) is 5.66. The number of nitrogens with one attached hydrogen (secondary N) is 1. The van der Waals surface area contributed by atoms with Gasteiger partial charge in [-0.15, -0.1) is 0 Å². The van der Waals surface area contributed by atoms with Crippen LogP contribution in [0.3, 0.4) is 0 Å². The zero-order valence-electron chi connectivity index (χ0n) is 11.6. The largest absolute Gasteiger partial charge is 0.394 e. The van der Waals surface area contributed by atoms with Crippen molar-refractivity contribution >= 4 is 17.1 Å². The Morgan fingerprint density at radius 1 is 1.50 bits per heavy atom. The summed E-state index contributed by atoms with van der Waals surface area (Å²) >= 11 is 0. The number of nitrogen functional groups attached to an aromatic ring is 1. The number of aliphatic hydroxyl groups excluding tert-OH is 1. The number of hydrogen-bond acceptors (Lipinski definition) is 5. The van der Waals surface area contributed by atoms with E-state index >= 15 is 0 Å². The number of nitro groups is 1. The maximum Gasteiger partial charge on any atom is 0.292 e. The van der Waals surface area contributed by atoms with E-state index in [1.165, 1.54) is 6.07 Å². The van der Waals surface area contributed by atoms with Crippen LogP contribution in [0.15, 0.2) is 18.2 Å². The van der Waals surface area contributed by atoms with Crippen LogP contribution < -0.4 is 11.1 Å². The Morgan fingerprint density at radius 2 is 2.15 bits per heavy atom. The van der Waals surface area contributed by atoms with E-state index in [1.807, 2.05) is 0 Å². The molecule has 0 bridgehead atoms. The minimum absolute atomic E-state index is 0.0522. The molecule has 20 heavy (non-hydrogen) atoms. The summed E-state index contributed by atoms with van der Waals surface area (Å²) < 4.78 is 0. The van der Waals surface area contributed by atoms with Gasteiger partial charge in [0.25, 0.3) is 5.69 Å². The van der Waals surface area contributed by atoms with Gasteiger partial charge in [-0.05, 0) is 43.7 Å². The van der Waals surface area contributed by atoms with E-state index in [2.05, 4.69) is 12.2 Å². The molecule has 0 atom stereocenters. The van der Waals surface area contributed by atoms with E-state index < -0.39 is 4.92 Å². The number of nitrogens with two attached hydrogens (primary N) is 1. The van der Waals surface area contributed by atoms with Gasteiger partial charge in [-0.2, -0.15) is 0 Å². The number of hydrogen-bond donors (Lipinski definition) is 3. The van der Waals surface area contributed by atoms with E-state index in [1.54, 1.807) is 12.1 Å². The first-order valence-electron chi connectivity index (χ1n) is 6.89. The second-order valence-electron chi connectivity index (χ2n) is 5.78. The van der Waals surface area contributed by atoms with Gasteiger partial charge in [-0.3, -0.25) is 10.1 Å². The number of nitro benzene ring substituents is 1. The first kappa shape index (κ1) is 14.6. The van der Waals surface area contributed by atoms with Gasteiger partial charge in [-0.25, -0.2) is 0 Å². The highest BCUT2D eigenvalue weighted by molar-refractivity contribution is 5.66. The second-order valence-corrected chi connectivity index (χ2v) is 5.78. The Balaban J connectivity index is 2.16. The third-order valence-electron chi connectivity index (χ3n) is 4.17. The predicted molar refractivity (Wildman–Crippen MR) is 78.6 cm³/mol. The zero-order chi connectivity index (χ0) is 14.8. The van der Waals surface area contributed by atoms with Crippen molar-refractivity contribution in [3.8, 4) is 0 Å². The monoisotopic (exact) mass is 279 g/mol. The number of nitrogens with zero attached hydrogens (tertiary/aromatic N) is 1. The van der Waals surface area contributed by atoms with Gasteiger partial charge >= 0.3 is 0 Å². The molecule has 2 rings (SSSR count). The molecule has 1 aromatic rings. The van der Waals surface area contributed by atoms with E-state index in [9.17, 15) is 15.2 Å². The maximum atomic E-state index is 10.7. The molecule has 6 heteroatoms. The van der Waals surface area contributed by atoms with Gasteiger partial charge in [0.2, 0.25) is 0 Å². The molecule has 0 radical (unpaired) electrons. The highest BCUT2D eigenvalue weighted by Gasteiger charge is 2.33. The van der Waals surface area contributed by atoms with E-state index in [4.69, 9.17) is 5.73 Å². The molecule has 1 fully saturated rings. The molecule has 0 heterocycles. The van der Waals surface area contributed by atoms with Crippen LogP contribution in [0, 0.1) is 16.0 Å². The van der Waals surface area contributed by atoms with Crippen molar-refractivity contribution in [3.05, 3.63) is 28.3 Å². The molecule has 4 N–H and O–H groups in total. The summed E-state index contributed by atoms with van der Waals surface area (Å²) in [5, 5.41) is 23.8. The first-order valence-corrected chi connectivity index (χ1v) is 6.89. The normalized spacial score (nSPS) is 26.2. The highest BCUT2D eigenvalue weighted by atomic mass is 16.6. The fourth-order valence-corrected chi connectivity index (χ4v) is 2.74. The lowest BCUT2D eigenvalue weighted by Crippen LogP contribution is -2.45. The molecular formula is C14H21N3O3. The number of benzene rings is 1. The van der Waals surface area contributed by atoms with Crippen molar-refractivity contribution < 1.29 is 10.0 Å². The molecule has 1 saturated carbocycles. The summed E-state index contributed by atoms with van der Waals surface area (Å²) in [5.41, 5.74) is 6.12. The Hall–Kier alpha value is -1.82. The molecule has 1 aliphatic carbocycles. The molecule has 6 nitrogen and oxygen atoms in total. The summed E-state index contributed by atoms with van der Waals surface area (Å²) in [4.78, 5) is 10.2. The van der Waals surface area contributed by atoms with Crippen LogP contribution in [0.2, 0.25) is 0 Å². The summed E-state index contributed by atoms with van der Waals surface area (Å²) in [6.45, 7) is 2.27. The Labute approximate surface area is 118 Å². The van der Waals surface area contributed by atoms with Crippen molar-refractivity contribution in [1.29, 1.82) is 0 Å². The Morgan fingerprint density at radius 3 is 2.65 bits per heavy atom. The SMILES string of the molecule is CC1CCC(CO)(Nc2ccc([N+](=O)[O-])c(N)c2)CC1. The van der Waals surface area contributed by atoms with Gasteiger partial charge < -0.3 is 16.2 Å². The van der Waals surface area contributed by atoms with Crippen LogP contribution in [-0.2, 0) is 0 Å². The summed E-state index contributed by atoms with van der Waals surface area (Å²) in [7, 11) is 0. The lowest BCUT2D eigenvalue weighted by atomic mass is 9.77. The zero-order valence-corrected chi connectivity index (χ0v) is 11.6. The highest BCUT2D eigenvalue weighted by Crippen LogP contribution is 2.35. The van der Waals surface area contributed by atoms with Crippen LogP contribution in [0.4, 0.5) is 17.1 Å². The lowest BCUT2D eigenvalue weighted by Gasteiger charge is -2.39. The average molecular weight is 279 g/mol. The molecule has 110 valence electrons. The van der Waals surface area contributed by atoms with Crippen LogP contribution >= 0.6 is 0 Å². The third-order valence-corrected chi connectivity index (χ3v) is 4.17. The number of anilines is 2. The van der Waals surface area contributed by atoms with E-state index in [0.29, 0.717) is 5.92 Å². The predicted octanol–water partition coefficient (Wildman–Crippen LogP) is 2.53. The lowest BCUT2D eigenvalue weighted by molar-refractivity contribution is -0.383. The molecule has 0 spiro atoms. The van der Waals surface area contributed by atoms with Gasteiger partial charge in [-0.1, -0.05) is 6.92 Å². The van der Waals surface area contributed by atoms with Gasteiger partial charge in [0.1, 0.15) is 5.69 Å². The summed E-state index contributed by atoms with van der Waals surface area (Å²) in [6.07, 6.45) is 3.91. The minimum Gasteiger partial charge on any atom is -0.394 e. The molecule has 0 unspecified atom stereocenters. The fraction of sp³-hybridized carbons (Fsp3) is 0.571. The molecule has 0 amide bonds. The van der Waals surface area contributed by atoms with Crippen LogP contribution in [0.25, 0.3) is 0 Å². The van der Waals surface area contributed by atoms with Gasteiger partial charge in [0.15, 0.2) is 0 Å². The quantitative estimate of drug-likeness (QED) is 0.446. The maximum absolute atomic E-state index is 10.7. The van der Waals surface area contributed by atoms with E-state index in [0.717, 1.165) is 31.4 Å². The molecular weight excluding hydrogens is 258 g/mol. The number of rotatable bonds is 4. The average Bonchev–Trinajstić information content (AvgIpc) is 2.41.